The summed E-state index contributed by atoms with van der Waals surface area (Å²) >= 11 is 0. The molecule has 6 rings (SSSR count). The number of carbonyl (C=O) groups excluding carboxylic acids is 1. The van der Waals surface area contributed by atoms with Crippen molar-refractivity contribution in [2.24, 2.45) is 5.92 Å². The number of aliphatic hydroxyl groups is 1. The fraction of sp³-hybridized carbons (Fsp3) is 0.500. The van der Waals surface area contributed by atoms with Gasteiger partial charge in [-0.3, -0.25) is 9.78 Å². The highest BCUT2D eigenvalue weighted by atomic mass is 19.4. The number of hydrogen-bond donors (Lipinski definition) is 2. The lowest BCUT2D eigenvalue weighted by atomic mass is 9.79. The molecule has 1 aliphatic carbocycles. The van der Waals surface area contributed by atoms with E-state index in [4.69, 9.17) is 0 Å². The van der Waals surface area contributed by atoms with Gasteiger partial charge < -0.3 is 20.2 Å². The molecule has 0 spiro atoms. The molecule has 2 aliphatic heterocycles. The Morgan fingerprint density at radius 1 is 0.905 bits per heavy atom. The van der Waals surface area contributed by atoms with Gasteiger partial charge in [0.2, 0.25) is 5.91 Å². The summed E-state index contributed by atoms with van der Waals surface area (Å²) in [5.74, 6) is 0.974. The lowest BCUT2D eigenvalue weighted by Crippen LogP contribution is -2.46. The van der Waals surface area contributed by atoms with Gasteiger partial charge in [-0.1, -0.05) is 0 Å². The van der Waals surface area contributed by atoms with Crippen LogP contribution in [-0.2, 0) is 16.6 Å². The third-order valence-corrected chi connectivity index (χ3v) is 8.79. The highest BCUT2D eigenvalue weighted by Crippen LogP contribution is 2.37. The van der Waals surface area contributed by atoms with Crippen LogP contribution < -0.4 is 10.2 Å². The summed E-state index contributed by atoms with van der Waals surface area (Å²) in [6.07, 6.45) is 5.85. The van der Waals surface area contributed by atoms with Gasteiger partial charge in [0.15, 0.2) is 5.82 Å². The quantitative estimate of drug-likeness (QED) is 0.453. The number of anilines is 1. The maximum absolute atomic E-state index is 13.3. The lowest BCUT2D eigenvalue weighted by molar-refractivity contribution is -0.137. The van der Waals surface area contributed by atoms with Gasteiger partial charge in [0.05, 0.1) is 17.2 Å². The molecule has 0 bridgehead atoms. The second kappa shape index (κ2) is 11.6. The van der Waals surface area contributed by atoms with Crippen LogP contribution in [0, 0.1) is 5.92 Å². The molecule has 0 aromatic carbocycles. The maximum atomic E-state index is 13.3. The fourth-order valence-corrected chi connectivity index (χ4v) is 6.37. The van der Waals surface area contributed by atoms with Crippen molar-refractivity contribution >= 4 is 11.7 Å². The first-order valence-electron chi connectivity index (χ1n) is 14.5. The van der Waals surface area contributed by atoms with Crippen LogP contribution in [0.4, 0.5) is 19.0 Å². The second-order valence-electron chi connectivity index (χ2n) is 11.6. The SMILES string of the molecule is O=C(C1CCN(c2ccc(C(F)(F)F)cn2)C1)N1CCC(NC2CCC(O)(c3ccc(-c4ncccn4)cn3)CC2)C1. The van der Waals surface area contributed by atoms with E-state index in [-0.39, 0.29) is 23.9 Å². The standard InChI is InChI=1S/C30H34F3N7O2/c31-30(32,33)22-3-5-26(37-17-22)39-14-8-21(18-39)28(41)40-15-9-24(19-40)38-23-6-10-29(42,11-7-23)25-4-2-20(16-36-25)27-34-12-1-13-35-27/h1-5,12-13,16-17,21,23-24,38,42H,6-11,14-15,18-19H2. The van der Waals surface area contributed by atoms with Gasteiger partial charge in [-0.25, -0.2) is 15.0 Å². The van der Waals surface area contributed by atoms with Gasteiger partial charge >= 0.3 is 6.18 Å². The smallest absolute Gasteiger partial charge is 0.384 e. The summed E-state index contributed by atoms with van der Waals surface area (Å²) in [6.45, 7) is 2.37. The third kappa shape index (κ3) is 6.10. The van der Waals surface area contributed by atoms with E-state index in [0.29, 0.717) is 62.8 Å². The van der Waals surface area contributed by atoms with Gasteiger partial charge in [0.1, 0.15) is 11.4 Å². The summed E-state index contributed by atoms with van der Waals surface area (Å²) in [7, 11) is 0. The number of carbonyl (C=O) groups is 1. The molecule has 222 valence electrons. The zero-order chi connectivity index (χ0) is 29.3. The summed E-state index contributed by atoms with van der Waals surface area (Å²) in [4.78, 5) is 34.1. The molecule has 2 N–H and O–H groups in total. The predicted molar refractivity (Wildman–Crippen MR) is 149 cm³/mol. The minimum atomic E-state index is -4.42. The van der Waals surface area contributed by atoms with Crippen molar-refractivity contribution < 1.29 is 23.1 Å². The first-order valence-corrected chi connectivity index (χ1v) is 14.5. The summed E-state index contributed by atoms with van der Waals surface area (Å²) in [6, 6.07) is 8.38. The number of amides is 1. The van der Waals surface area contributed by atoms with Gasteiger partial charge in [-0.2, -0.15) is 13.2 Å². The van der Waals surface area contributed by atoms with Crippen LogP contribution in [0.1, 0.15) is 49.8 Å². The zero-order valence-electron chi connectivity index (χ0n) is 23.2. The molecule has 0 radical (unpaired) electrons. The van der Waals surface area contributed by atoms with E-state index < -0.39 is 17.3 Å². The predicted octanol–water partition coefficient (Wildman–Crippen LogP) is 3.80. The number of halogens is 3. The molecule has 12 heteroatoms. The van der Waals surface area contributed by atoms with Gasteiger partial charge in [-0.05, 0) is 68.9 Å². The Hall–Kier alpha value is -3.64. The molecular formula is C30H34F3N7O2. The number of nitrogens with one attached hydrogen (secondary N) is 1. The van der Waals surface area contributed by atoms with Crippen molar-refractivity contribution in [3.05, 3.63) is 66.4 Å². The van der Waals surface area contributed by atoms with Crippen LogP contribution in [0.25, 0.3) is 11.4 Å². The van der Waals surface area contributed by atoms with Crippen LogP contribution in [0.5, 0.6) is 0 Å². The number of alkyl halides is 3. The zero-order valence-corrected chi connectivity index (χ0v) is 23.2. The number of hydrogen-bond acceptors (Lipinski definition) is 8. The molecule has 5 heterocycles. The van der Waals surface area contributed by atoms with Crippen molar-refractivity contribution in [3.63, 3.8) is 0 Å². The number of pyridine rings is 2. The Balaban J connectivity index is 0.966. The van der Waals surface area contributed by atoms with Crippen LogP contribution in [0.15, 0.2) is 55.1 Å². The maximum Gasteiger partial charge on any atom is 0.417 e. The second-order valence-corrected chi connectivity index (χ2v) is 11.6. The van der Waals surface area contributed by atoms with E-state index in [1.54, 1.807) is 24.7 Å². The Morgan fingerprint density at radius 2 is 1.69 bits per heavy atom. The van der Waals surface area contributed by atoms with Crippen LogP contribution in [0.3, 0.4) is 0 Å². The number of nitrogens with zero attached hydrogens (tertiary/aromatic N) is 6. The van der Waals surface area contributed by atoms with E-state index in [2.05, 4.69) is 25.3 Å². The van der Waals surface area contributed by atoms with E-state index >= 15 is 0 Å². The molecule has 3 aliphatic rings. The van der Waals surface area contributed by atoms with Crippen molar-refractivity contribution in [1.29, 1.82) is 0 Å². The fourth-order valence-electron chi connectivity index (χ4n) is 6.37. The Bertz CT molecular complexity index is 1360. The first kappa shape index (κ1) is 28.5. The molecule has 2 saturated heterocycles. The molecule has 3 fully saturated rings. The van der Waals surface area contributed by atoms with E-state index in [9.17, 15) is 23.1 Å². The molecule has 9 nitrogen and oxygen atoms in total. The Kier molecular flexibility index (Phi) is 7.84. The molecular weight excluding hydrogens is 547 g/mol. The average Bonchev–Trinajstić information content (AvgIpc) is 3.69. The molecule has 1 saturated carbocycles. The minimum Gasteiger partial charge on any atom is -0.384 e. The van der Waals surface area contributed by atoms with E-state index in [1.165, 1.54) is 6.07 Å². The van der Waals surface area contributed by atoms with E-state index in [1.807, 2.05) is 21.9 Å². The monoisotopic (exact) mass is 581 g/mol. The number of rotatable bonds is 6. The van der Waals surface area contributed by atoms with Crippen LogP contribution in [0.2, 0.25) is 0 Å². The van der Waals surface area contributed by atoms with Crippen molar-refractivity contribution in [3.8, 4) is 11.4 Å². The Labute approximate surface area is 242 Å². The minimum absolute atomic E-state index is 0.0992. The van der Waals surface area contributed by atoms with E-state index in [0.717, 1.165) is 37.1 Å². The Morgan fingerprint density at radius 3 is 2.36 bits per heavy atom. The largest absolute Gasteiger partial charge is 0.417 e. The molecule has 3 aromatic heterocycles. The average molecular weight is 582 g/mol. The molecule has 42 heavy (non-hydrogen) atoms. The van der Waals surface area contributed by atoms with Gasteiger partial charge in [-0.15, -0.1) is 0 Å². The number of likely N-dealkylation sites (tertiary alicyclic amines) is 1. The summed E-state index contributed by atoms with van der Waals surface area (Å²) < 4.78 is 38.6. The van der Waals surface area contributed by atoms with Gasteiger partial charge in [0, 0.05) is 68.6 Å². The molecule has 1 amide bonds. The van der Waals surface area contributed by atoms with Crippen LogP contribution in [-0.4, -0.2) is 74.1 Å². The lowest BCUT2D eigenvalue weighted by Gasteiger charge is -2.37. The summed E-state index contributed by atoms with van der Waals surface area (Å²) in [5, 5.41) is 15.0. The van der Waals surface area contributed by atoms with Gasteiger partial charge in [0.25, 0.3) is 0 Å². The molecule has 3 aromatic rings. The number of aromatic nitrogens is 4. The summed E-state index contributed by atoms with van der Waals surface area (Å²) in [5.41, 5.74) is -0.279. The van der Waals surface area contributed by atoms with Crippen molar-refractivity contribution in [1.82, 2.24) is 30.2 Å². The molecule has 2 unspecified atom stereocenters. The van der Waals surface area contributed by atoms with Crippen molar-refractivity contribution in [2.45, 2.75) is 62.4 Å². The third-order valence-electron chi connectivity index (χ3n) is 8.79. The first-order chi connectivity index (χ1) is 20.2. The highest BCUT2D eigenvalue weighted by Gasteiger charge is 2.39. The topological polar surface area (TPSA) is 107 Å². The van der Waals surface area contributed by atoms with Crippen molar-refractivity contribution in [2.75, 3.05) is 31.1 Å². The van der Waals surface area contributed by atoms with Crippen LogP contribution >= 0.6 is 0 Å². The molecule has 2 atom stereocenters. The highest BCUT2D eigenvalue weighted by molar-refractivity contribution is 5.80. The normalized spacial score (nSPS) is 26.5.